The fourth-order valence-electron chi connectivity index (χ4n) is 2.69. The van der Waals surface area contributed by atoms with Gasteiger partial charge in [-0.05, 0) is 16.8 Å². The molecule has 1 heterocycles. The molecule has 4 aromatic rings. The fraction of sp³-hybridized carbons (Fsp3) is 0. The van der Waals surface area contributed by atoms with Crippen LogP contribution in [-0.4, -0.2) is 15.0 Å². The highest BCUT2D eigenvalue weighted by Gasteiger charge is 2.13. The van der Waals surface area contributed by atoms with E-state index in [2.05, 4.69) is 34.6 Å². The summed E-state index contributed by atoms with van der Waals surface area (Å²) in [7, 11) is 0. The fourth-order valence-corrected chi connectivity index (χ4v) is 2.69. The van der Waals surface area contributed by atoms with E-state index in [0.717, 1.165) is 27.2 Å². The summed E-state index contributed by atoms with van der Waals surface area (Å²) >= 11 is 0. The highest BCUT2D eigenvalue weighted by Crippen LogP contribution is 2.31. The molecule has 0 saturated heterocycles. The van der Waals surface area contributed by atoms with Crippen LogP contribution in [0.15, 0.2) is 60.8 Å². The number of aromatic nitrogens is 3. The number of nitriles is 1. The standard InChI is InChI=1S/C17H10N4/c18-10-14-11-19-20-21(14)17-15-7-3-1-5-12(15)9-13-6-2-4-8-16(13)17/h1-9,11H. The Morgan fingerprint density at radius 3 is 2.14 bits per heavy atom. The molecule has 0 fully saturated rings. The lowest BCUT2D eigenvalue weighted by Crippen LogP contribution is -2.02. The molecule has 0 radical (unpaired) electrons. The van der Waals surface area contributed by atoms with E-state index in [1.165, 1.54) is 6.20 Å². The monoisotopic (exact) mass is 270 g/mol. The minimum absolute atomic E-state index is 0.427. The third-order valence-corrected chi connectivity index (χ3v) is 3.62. The molecular weight excluding hydrogens is 260 g/mol. The molecular formula is C17H10N4. The van der Waals surface area contributed by atoms with Gasteiger partial charge in [0.25, 0.3) is 0 Å². The maximum absolute atomic E-state index is 9.26. The van der Waals surface area contributed by atoms with Crippen molar-refractivity contribution in [3.63, 3.8) is 0 Å². The van der Waals surface area contributed by atoms with Crippen molar-refractivity contribution in [2.45, 2.75) is 0 Å². The third kappa shape index (κ3) is 1.68. The summed E-state index contributed by atoms with van der Waals surface area (Å²) < 4.78 is 1.62. The van der Waals surface area contributed by atoms with Crippen LogP contribution in [0.1, 0.15) is 5.69 Å². The number of rotatable bonds is 1. The number of fused-ring (bicyclic) bond motifs is 2. The first-order chi connectivity index (χ1) is 10.4. The average molecular weight is 270 g/mol. The van der Waals surface area contributed by atoms with Crippen molar-refractivity contribution in [2.24, 2.45) is 0 Å². The van der Waals surface area contributed by atoms with Crippen molar-refractivity contribution in [1.82, 2.24) is 15.0 Å². The molecule has 98 valence electrons. The second-order valence-corrected chi connectivity index (χ2v) is 4.81. The van der Waals surface area contributed by atoms with Crippen LogP contribution in [0, 0.1) is 11.3 Å². The smallest absolute Gasteiger partial charge is 0.164 e. The van der Waals surface area contributed by atoms with E-state index in [-0.39, 0.29) is 0 Å². The molecule has 0 saturated carbocycles. The van der Waals surface area contributed by atoms with Gasteiger partial charge in [-0.25, -0.2) is 4.68 Å². The van der Waals surface area contributed by atoms with E-state index in [1.807, 2.05) is 36.4 Å². The second-order valence-electron chi connectivity index (χ2n) is 4.81. The Morgan fingerprint density at radius 1 is 0.905 bits per heavy atom. The maximum Gasteiger partial charge on any atom is 0.164 e. The van der Waals surface area contributed by atoms with Gasteiger partial charge in [-0.3, -0.25) is 0 Å². The highest BCUT2D eigenvalue weighted by molar-refractivity contribution is 6.07. The largest absolute Gasteiger partial charge is 0.202 e. The van der Waals surface area contributed by atoms with E-state index >= 15 is 0 Å². The van der Waals surface area contributed by atoms with Crippen LogP contribution in [-0.2, 0) is 0 Å². The number of hydrogen-bond acceptors (Lipinski definition) is 3. The average Bonchev–Trinajstić information content (AvgIpc) is 3.00. The highest BCUT2D eigenvalue weighted by atomic mass is 15.4. The molecule has 4 heteroatoms. The zero-order chi connectivity index (χ0) is 14.2. The van der Waals surface area contributed by atoms with E-state index in [0.29, 0.717) is 5.69 Å². The summed E-state index contributed by atoms with van der Waals surface area (Å²) in [6.45, 7) is 0. The topological polar surface area (TPSA) is 54.5 Å². The Bertz CT molecular complexity index is 954. The summed E-state index contributed by atoms with van der Waals surface area (Å²) in [4.78, 5) is 0. The van der Waals surface area contributed by atoms with Crippen molar-refractivity contribution < 1.29 is 0 Å². The van der Waals surface area contributed by atoms with Gasteiger partial charge in [-0.1, -0.05) is 53.7 Å². The lowest BCUT2D eigenvalue weighted by atomic mass is 10.0. The minimum Gasteiger partial charge on any atom is -0.202 e. The number of benzene rings is 3. The molecule has 4 nitrogen and oxygen atoms in total. The van der Waals surface area contributed by atoms with Crippen LogP contribution in [0.4, 0.5) is 0 Å². The zero-order valence-corrected chi connectivity index (χ0v) is 11.1. The Labute approximate surface area is 120 Å². The van der Waals surface area contributed by atoms with Crippen molar-refractivity contribution in [2.75, 3.05) is 0 Å². The maximum atomic E-state index is 9.26. The molecule has 4 rings (SSSR count). The van der Waals surface area contributed by atoms with Gasteiger partial charge >= 0.3 is 0 Å². The summed E-state index contributed by atoms with van der Waals surface area (Å²) in [6.07, 6.45) is 1.48. The molecule has 0 spiro atoms. The first kappa shape index (κ1) is 11.6. The van der Waals surface area contributed by atoms with E-state index < -0.39 is 0 Å². The molecule has 0 amide bonds. The Hall–Kier alpha value is -3.19. The van der Waals surface area contributed by atoms with Crippen molar-refractivity contribution >= 4 is 21.5 Å². The van der Waals surface area contributed by atoms with Crippen LogP contribution in [0.25, 0.3) is 27.2 Å². The van der Waals surface area contributed by atoms with Crippen LogP contribution in [0.5, 0.6) is 0 Å². The molecule has 0 atom stereocenters. The number of nitrogens with zero attached hydrogens (tertiary/aromatic N) is 4. The van der Waals surface area contributed by atoms with E-state index in [4.69, 9.17) is 0 Å². The molecule has 21 heavy (non-hydrogen) atoms. The summed E-state index contributed by atoms with van der Waals surface area (Å²) in [5.41, 5.74) is 1.33. The van der Waals surface area contributed by atoms with Crippen molar-refractivity contribution in [3.05, 3.63) is 66.5 Å². The van der Waals surface area contributed by atoms with Gasteiger partial charge in [0, 0.05) is 10.8 Å². The van der Waals surface area contributed by atoms with Gasteiger partial charge in [-0.15, -0.1) is 5.10 Å². The third-order valence-electron chi connectivity index (χ3n) is 3.62. The second kappa shape index (κ2) is 4.43. The Morgan fingerprint density at radius 2 is 1.52 bits per heavy atom. The summed E-state index contributed by atoms with van der Waals surface area (Å²) in [5, 5.41) is 21.6. The molecule has 0 unspecified atom stereocenters. The molecule has 0 aliphatic heterocycles. The number of hydrogen-bond donors (Lipinski definition) is 0. The quantitative estimate of drug-likeness (QED) is 0.498. The molecule has 1 aromatic heterocycles. The lowest BCUT2D eigenvalue weighted by molar-refractivity contribution is 0.805. The van der Waals surface area contributed by atoms with Crippen LogP contribution in [0.3, 0.4) is 0 Å². The van der Waals surface area contributed by atoms with Gasteiger partial charge < -0.3 is 0 Å². The predicted octanol–water partition coefficient (Wildman–Crippen LogP) is 3.45. The SMILES string of the molecule is N#Cc1cnnn1-c1c2ccccc2cc2ccccc12. The lowest BCUT2D eigenvalue weighted by Gasteiger charge is -2.11. The normalized spacial score (nSPS) is 10.8. The molecule has 0 aliphatic rings. The molecule has 0 bridgehead atoms. The first-order valence-corrected chi connectivity index (χ1v) is 6.60. The summed E-state index contributed by atoms with van der Waals surface area (Å²) in [5.74, 6) is 0. The summed E-state index contributed by atoms with van der Waals surface area (Å²) in [6, 6.07) is 20.5. The van der Waals surface area contributed by atoms with Gasteiger partial charge in [0.05, 0.1) is 11.9 Å². The Kier molecular flexibility index (Phi) is 2.45. The van der Waals surface area contributed by atoms with Crippen molar-refractivity contribution in [3.8, 4) is 11.8 Å². The van der Waals surface area contributed by atoms with Crippen LogP contribution < -0.4 is 0 Å². The van der Waals surface area contributed by atoms with Crippen LogP contribution in [0.2, 0.25) is 0 Å². The van der Waals surface area contributed by atoms with E-state index in [1.54, 1.807) is 4.68 Å². The Balaban J connectivity index is 2.25. The van der Waals surface area contributed by atoms with Gasteiger partial charge in [0.15, 0.2) is 5.69 Å². The molecule has 3 aromatic carbocycles. The van der Waals surface area contributed by atoms with Gasteiger partial charge in [0.1, 0.15) is 6.07 Å². The van der Waals surface area contributed by atoms with Gasteiger partial charge in [0.2, 0.25) is 0 Å². The van der Waals surface area contributed by atoms with Crippen molar-refractivity contribution in [1.29, 1.82) is 5.26 Å². The van der Waals surface area contributed by atoms with Gasteiger partial charge in [-0.2, -0.15) is 5.26 Å². The predicted molar refractivity (Wildman–Crippen MR) is 81.1 cm³/mol. The zero-order valence-electron chi connectivity index (χ0n) is 11.1. The minimum atomic E-state index is 0.427. The molecule has 0 aliphatic carbocycles. The molecule has 0 N–H and O–H groups in total. The first-order valence-electron chi connectivity index (χ1n) is 6.60. The van der Waals surface area contributed by atoms with Crippen LogP contribution >= 0.6 is 0 Å². The van der Waals surface area contributed by atoms with E-state index in [9.17, 15) is 5.26 Å².